The number of carbonyl (C=O) groups excluding carboxylic acids is 1. The second-order valence-electron chi connectivity index (χ2n) is 4.46. The smallest absolute Gasteiger partial charge is 0.247 e. The van der Waals surface area contributed by atoms with Crippen LogP contribution in [-0.2, 0) is 4.79 Å². The molecule has 3 heteroatoms. The molecule has 0 aromatic carbocycles. The van der Waals surface area contributed by atoms with Crippen molar-refractivity contribution >= 4 is 21.8 Å². The molecule has 0 heterocycles. The number of nitrogens with one attached hydrogen (secondary N) is 1. The van der Waals surface area contributed by atoms with E-state index in [1.54, 1.807) is 0 Å². The van der Waals surface area contributed by atoms with E-state index in [0.717, 1.165) is 22.9 Å². The highest BCUT2D eigenvalue weighted by atomic mass is 79.9. The van der Waals surface area contributed by atoms with Gasteiger partial charge in [-0.1, -0.05) is 53.9 Å². The van der Waals surface area contributed by atoms with Crippen LogP contribution in [0.25, 0.3) is 0 Å². The predicted octanol–water partition coefficient (Wildman–Crippen LogP) is 3.85. The lowest BCUT2D eigenvalue weighted by atomic mass is 9.95. The van der Waals surface area contributed by atoms with E-state index in [1.165, 1.54) is 19.3 Å². The van der Waals surface area contributed by atoms with Gasteiger partial charge in [0, 0.05) is 16.1 Å². The van der Waals surface area contributed by atoms with Crippen molar-refractivity contribution in [1.82, 2.24) is 5.32 Å². The number of hydrogen-bond acceptors (Lipinski definition) is 1. The van der Waals surface area contributed by atoms with Crippen molar-refractivity contribution in [2.75, 3.05) is 0 Å². The summed E-state index contributed by atoms with van der Waals surface area (Å²) in [4.78, 5) is 11.8. The van der Waals surface area contributed by atoms with E-state index in [2.05, 4.69) is 27.8 Å². The van der Waals surface area contributed by atoms with E-state index in [1.807, 2.05) is 25.2 Å². The van der Waals surface area contributed by atoms with Gasteiger partial charge in [0.05, 0.1) is 0 Å². The quantitative estimate of drug-likeness (QED) is 0.620. The SMILES string of the molecule is C=C(Br)/C=C\C=C(/C)C(=O)NC1CCCCC1. The van der Waals surface area contributed by atoms with Crippen molar-refractivity contribution in [3.8, 4) is 0 Å². The molecule has 0 bridgehead atoms. The summed E-state index contributed by atoms with van der Waals surface area (Å²) in [5.41, 5.74) is 0.737. The zero-order valence-electron chi connectivity index (χ0n) is 10.3. The zero-order chi connectivity index (χ0) is 12.7. The zero-order valence-corrected chi connectivity index (χ0v) is 11.9. The van der Waals surface area contributed by atoms with Crippen molar-refractivity contribution in [3.63, 3.8) is 0 Å². The first-order chi connectivity index (χ1) is 8.09. The first kappa shape index (κ1) is 14.2. The summed E-state index contributed by atoms with van der Waals surface area (Å²) in [5, 5.41) is 3.08. The molecular weight excluding hydrogens is 278 g/mol. The van der Waals surface area contributed by atoms with Crippen LogP contribution in [-0.4, -0.2) is 11.9 Å². The molecule has 0 saturated heterocycles. The molecule has 0 atom stereocenters. The summed E-state index contributed by atoms with van der Waals surface area (Å²) in [6, 6.07) is 0.370. The van der Waals surface area contributed by atoms with Gasteiger partial charge in [-0.3, -0.25) is 4.79 Å². The number of hydrogen-bond donors (Lipinski definition) is 1. The normalized spacial score (nSPS) is 18.4. The number of carbonyl (C=O) groups is 1. The minimum absolute atomic E-state index is 0.0433. The summed E-state index contributed by atoms with van der Waals surface area (Å²) < 4.78 is 0.800. The highest BCUT2D eigenvalue weighted by molar-refractivity contribution is 9.11. The van der Waals surface area contributed by atoms with Crippen LogP contribution >= 0.6 is 15.9 Å². The monoisotopic (exact) mass is 297 g/mol. The molecule has 17 heavy (non-hydrogen) atoms. The molecule has 1 rings (SSSR count). The Kier molecular flexibility index (Phi) is 6.27. The summed E-state index contributed by atoms with van der Waals surface area (Å²) in [6.45, 7) is 5.52. The fourth-order valence-corrected chi connectivity index (χ4v) is 2.07. The van der Waals surface area contributed by atoms with Crippen LogP contribution in [0.4, 0.5) is 0 Å². The predicted molar refractivity (Wildman–Crippen MR) is 76.0 cm³/mol. The Labute approximate surface area is 112 Å². The van der Waals surface area contributed by atoms with Crippen LogP contribution in [0.2, 0.25) is 0 Å². The van der Waals surface area contributed by atoms with Crippen LogP contribution in [0.1, 0.15) is 39.0 Å². The highest BCUT2D eigenvalue weighted by Crippen LogP contribution is 2.17. The lowest BCUT2D eigenvalue weighted by Gasteiger charge is -2.22. The molecule has 0 spiro atoms. The van der Waals surface area contributed by atoms with E-state index in [-0.39, 0.29) is 5.91 Å². The van der Waals surface area contributed by atoms with Gasteiger partial charge < -0.3 is 5.32 Å². The van der Waals surface area contributed by atoms with E-state index in [9.17, 15) is 4.79 Å². The minimum Gasteiger partial charge on any atom is -0.350 e. The summed E-state index contributed by atoms with van der Waals surface area (Å²) in [6.07, 6.45) is 11.5. The summed E-state index contributed by atoms with van der Waals surface area (Å²) in [7, 11) is 0. The largest absolute Gasteiger partial charge is 0.350 e. The molecule has 0 aliphatic heterocycles. The Balaban J connectivity index is 2.42. The Morgan fingerprint density at radius 2 is 2.00 bits per heavy atom. The third kappa shape index (κ3) is 5.87. The topological polar surface area (TPSA) is 29.1 Å². The third-order valence-corrected chi connectivity index (χ3v) is 3.19. The summed E-state index contributed by atoms with van der Waals surface area (Å²) >= 11 is 3.23. The lowest BCUT2D eigenvalue weighted by molar-refractivity contribution is -0.118. The molecule has 0 radical (unpaired) electrons. The molecule has 1 saturated carbocycles. The molecule has 0 aromatic rings. The van der Waals surface area contributed by atoms with E-state index < -0.39 is 0 Å². The van der Waals surface area contributed by atoms with Crippen molar-refractivity contribution in [2.45, 2.75) is 45.1 Å². The number of amides is 1. The molecule has 1 aliphatic rings. The van der Waals surface area contributed by atoms with Crippen LogP contribution in [0, 0.1) is 0 Å². The van der Waals surface area contributed by atoms with Gasteiger partial charge >= 0.3 is 0 Å². The standard InChI is InChI=1S/C14H20BrNO/c1-11(7-6-8-12(2)15)14(17)16-13-9-4-3-5-10-13/h6-8,13H,2-5,9-10H2,1H3,(H,16,17)/b8-6-,11-7+. The maximum absolute atomic E-state index is 11.8. The van der Waals surface area contributed by atoms with Gasteiger partial charge in [0.15, 0.2) is 0 Å². The molecule has 0 unspecified atom stereocenters. The van der Waals surface area contributed by atoms with Crippen LogP contribution in [0.15, 0.2) is 34.9 Å². The molecule has 94 valence electrons. The lowest BCUT2D eigenvalue weighted by Crippen LogP contribution is -2.36. The molecule has 2 nitrogen and oxygen atoms in total. The van der Waals surface area contributed by atoms with E-state index >= 15 is 0 Å². The second kappa shape index (κ2) is 7.49. The van der Waals surface area contributed by atoms with Crippen LogP contribution in [0.5, 0.6) is 0 Å². The fourth-order valence-electron chi connectivity index (χ4n) is 1.92. The summed E-state index contributed by atoms with van der Waals surface area (Å²) in [5.74, 6) is 0.0433. The molecule has 1 N–H and O–H groups in total. The van der Waals surface area contributed by atoms with Gasteiger partial charge in [-0.2, -0.15) is 0 Å². The van der Waals surface area contributed by atoms with E-state index in [0.29, 0.717) is 6.04 Å². The van der Waals surface area contributed by atoms with Gasteiger partial charge in [-0.15, -0.1) is 0 Å². The highest BCUT2D eigenvalue weighted by Gasteiger charge is 2.15. The van der Waals surface area contributed by atoms with E-state index in [4.69, 9.17) is 0 Å². The first-order valence-corrected chi connectivity index (χ1v) is 6.89. The number of allylic oxidation sites excluding steroid dienone is 4. The van der Waals surface area contributed by atoms with Gasteiger partial charge in [-0.05, 0) is 25.8 Å². The first-order valence-electron chi connectivity index (χ1n) is 6.10. The molecule has 0 aromatic heterocycles. The minimum atomic E-state index is 0.0433. The van der Waals surface area contributed by atoms with Crippen molar-refractivity contribution in [2.24, 2.45) is 0 Å². The molecule has 1 fully saturated rings. The van der Waals surface area contributed by atoms with Gasteiger partial charge in [0.1, 0.15) is 0 Å². The maximum Gasteiger partial charge on any atom is 0.247 e. The number of halogens is 1. The van der Waals surface area contributed by atoms with Gasteiger partial charge in [-0.25, -0.2) is 0 Å². The Hall–Kier alpha value is -0.830. The van der Waals surface area contributed by atoms with Gasteiger partial charge in [0.2, 0.25) is 5.91 Å². The van der Waals surface area contributed by atoms with Crippen molar-refractivity contribution in [3.05, 3.63) is 34.9 Å². The molecule has 1 amide bonds. The van der Waals surface area contributed by atoms with Crippen molar-refractivity contribution in [1.29, 1.82) is 0 Å². The fraction of sp³-hybridized carbons (Fsp3) is 0.500. The Morgan fingerprint density at radius 3 is 2.59 bits per heavy atom. The van der Waals surface area contributed by atoms with Crippen LogP contribution in [0.3, 0.4) is 0 Å². The maximum atomic E-state index is 11.8. The average molecular weight is 298 g/mol. The molecule has 1 aliphatic carbocycles. The van der Waals surface area contributed by atoms with Crippen molar-refractivity contribution < 1.29 is 4.79 Å². The molecular formula is C14H20BrNO. The average Bonchev–Trinajstić information content (AvgIpc) is 2.29. The van der Waals surface area contributed by atoms with Gasteiger partial charge in [0.25, 0.3) is 0 Å². The Morgan fingerprint density at radius 1 is 1.35 bits per heavy atom. The van der Waals surface area contributed by atoms with Crippen LogP contribution < -0.4 is 5.32 Å². The second-order valence-corrected chi connectivity index (χ2v) is 5.48. The number of rotatable bonds is 4. The Bertz CT molecular complexity index is 338. The third-order valence-electron chi connectivity index (χ3n) is 2.92.